The highest BCUT2D eigenvalue weighted by Gasteiger charge is 2.39. The van der Waals surface area contributed by atoms with Gasteiger partial charge in [0.1, 0.15) is 6.04 Å². The Morgan fingerprint density at radius 1 is 1.09 bits per heavy atom. The van der Waals surface area contributed by atoms with Crippen molar-refractivity contribution < 1.29 is 9.59 Å². The van der Waals surface area contributed by atoms with E-state index in [4.69, 9.17) is 5.73 Å². The van der Waals surface area contributed by atoms with Crippen LogP contribution in [0.1, 0.15) is 75.9 Å². The van der Waals surface area contributed by atoms with Gasteiger partial charge in [-0.25, -0.2) is 0 Å². The van der Waals surface area contributed by atoms with Crippen molar-refractivity contribution in [3.05, 3.63) is 22.4 Å². The van der Waals surface area contributed by atoms with E-state index < -0.39 is 6.04 Å². The summed E-state index contributed by atoms with van der Waals surface area (Å²) in [5.41, 5.74) is 5.84. The number of hydrogen-bond donors (Lipinski definition) is 2. The van der Waals surface area contributed by atoms with Crippen molar-refractivity contribution in [2.24, 2.45) is 29.4 Å². The van der Waals surface area contributed by atoms with Crippen LogP contribution in [-0.2, 0) is 4.79 Å². The molecule has 34 heavy (non-hydrogen) atoms. The second kappa shape index (κ2) is 13.0. The van der Waals surface area contributed by atoms with Crippen LogP contribution in [0.5, 0.6) is 0 Å². The second-order valence-electron chi connectivity index (χ2n) is 11.3. The number of amides is 2. The molecule has 2 aliphatic rings. The van der Waals surface area contributed by atoms with E-state index in [9.17, 15) is 9.59 Å². The minimum absolute atomic E-state index is 0.00340. The lowest BCUT2D eigenvalue weighted by Gasteiger charge is -2.44. The van der Waals surface area contributed by atoms with Gasteiger partial charge < -0.3 is 16.0 Å². The summed E-state index contributed by atoms with van der Waals surface area (Å²) in [6.07, 6.45) is 6.20. The van der Waals surface area contributed by atoms with Gasteiger partial charge in [-0.3, -0.25) is 14.5 Å². The molecule has 1 aliphatic carbocycles. The third kappa shape index (κ3) is 7.53. The molecule has 2 atom stereocenters. The van der Waals surface area contributed by atoms with Crippen LogP contribution in [0.15, 0.2) is 17.5 Å². The van der Waals surface area contributed by atoms with Crippen molar-refractivity contribution >= 4 is 23.2 Å². The van der Waals surface area contributed by atoms with Crippen LogP contribution < -0.4 is 11.1 Å². The van der Waals surface area contributed by atoms with Crippen molar-refractivity contribution in [2.45, 2.75) is 78.3 Å². The second-order valence-corrected chi connectivity index (χ2v) is 12.2. The maximum Gasteiger partial charge on any atom is 0.264 e. The topological polar surface area (TPSA) is 78.7 Å². The molecule has 1 aromatic rings. The largest absolute Gasteiger partial charge is 0.354 e. The van der Waals surface area contributed by atoms with Gasteiger partial charge in [-0.2, -0.15) is 0 Å². The van der Waals surface area contributed by atoms with Crippen molar-refractivity contribution in [2.75, 3.05) is 32.7 Å². The van der Waals surface area contributed by atoms with Gasteiger partial charge in [0.15, 0.2) is 0 Å². The van der Waals surface area contributed by atoms with Gasteiger partial charge in [0.25, 0.3) is 5.91 Å². The first kappa shape index (κ1) is 27.2. The Bertz CT molecular complexity index is 749. The molecule has 2 amide bonds. The SMILES string of the molecule is CC(C)CN(CC(C)C)C1CCN(C(=O)c2cccs2)[C@@H](C(=O)NCC2CCC(CN)CC2)C1. The molecule has 2 fully saturated rings. The van der Waals surface area contributed by atoms with E-state index in [1.807, 2.05) is 22.4 Å². The van der Waals surface area contributed by atoms with Crippen LogP contribution >= 0.6 is 11.3 Å². The van der Waals surface area contributed by atoms with Gasteiger partial charge in [0.05, 0.1) is 4.88 Å². The third-order valence-corrected chi connectivity index (χ3v) is 8.31. The summed E-state index contributed by atoms with van der Waals surface area (Å²) in [5.74, 6) is 2.31. The van der Waals surface area contributed by atoms with Crippen molar-refractivity contribution in [3.63, 3.8) is 0 Å². The summed E-state index contributed by atoms with van der Waals surface area (Å²) >= 11 is 1.46. The Balaban J connectivity index is 1.70. The van der Waals surface area contributed by atoms with E-state index in [-0.39, 0.29) is 11.8 Å². The lowest BCUT2D eigenvalue weighted by Crippen LogP contribution is -2.58. The Kier molecular flexibility index (Phi) is 10.4. The first-order valence-corrected chi connectivity index (χ1v) is 14.2. The average Bonchev–Trinajstić information content (AvgIpc) is 3.36. The van der Waals surface area contributed by atoms with Gasteiger partial charge in [0, 0.05) is 32.2 Å². The van der Waals surface area contributed by atoms with E-state index in [1.54, 1.807) is 0 Å². The zero-order chi connectivity index (χ0) is 24.7. The molecule has 1 saturated carbocycles. The monoisotopic (exact) mass is 490 g/mol. The summed E-state index contributed by atoms with van der Waals surface area (Å²) in [4.78, 5) is 32.0. The summed E-state index contributed by atoms with van der Waals surface area (Å²) in [7, 11) is 0. The fraction of sp³-hybridized carbons (Fsp3) is 0.778. The van der Waals surface area contributed by atoms with Gasteiger partial charge in [-0.1, -0.05) is 33.8 Å². The minimum atomic E-state index is -0.407. The van der Waals surface area contributed by atoms with E-state index in [2.05, 4.69) is 37.9 Å². The van der Waals surface area contributed by atoms with Gasteiger partial charge in [-0.05, 0) is 80.2 Å². The molecule has 7 heteroatoms. The van der Waals surface area contributed by atoms with E-state index in [1.165, 1.54) is 11.3 Å². The smallest absolute Gasteiger partial charge is 0.264 e. The number of piperidine rings is 1. The quantitative estimate of drug-likeness (QED) is 0.515. The first-order chi connectivity index (χ1) is 16.3. The molecule has 192 valence electrons. The number of nitrogens with zero attached hydrogens (tertiary/aromatic N) is 2. The molecule has 2 heterocycles. The van der Waals surface area contributed by atoms with Gasteiger partial charge >= 0.3 is 0 Å². The standard InChI is InChI=1S/C27H46N4O2S/c1-19(2)17-30(18-20(3)4)23-11-12-31(27(33)25-6-5-13-34-25)24(14-23)26(32)29-16-22-9-7-21(15-28)8-10-22/h5-6,13,19-24H,7-12,14-18,28H2,1-4H3,(H,29,32)/t21?,22?,23?,24-/m1/s1. The molecule has 0 bridgehead atoms. The lowest BCUT2D eigenvalue weighted by atomic mass is 9.82. The van der Waals surface area contributed by atoms with Crippen LogP contribution in [0.25, 0.3) is 0 Å². The molecule has 1 aromatic heterocycles. The minimum Gasteiger partial charge on any atom is -0.354 e. The highest BCUT2D eigenvalue weighted by atomic mass is 32.1. The number of hydrogen-bond acceptors (Lipinski definition) is 5. The van der Waals surface area contributed by atoms with Gasteiger partial charge in [-0.15, -0.1) is 11.3 Å². The predicted molar refractivity (Wildman–Crippen MR) is 141 cm³/mol. The maximum atomic E-state index is 13.5. The summed E-state index contributed by atoms with van der Waals surface area (Å²) in [6, 6.07) is 3.70. The Morgan fingerprint density at radius 3 is 2.29 bits per heavy atom. The third-order valence-electron chi connectivity index (χ3n) is 7.45. The summed E-state index contributed by atoms with van der Waals surface area (Å²) in [6.45, 7) is 13.2. The van der Waals surface area contributed by atoms with E-state index in [0.717, 1.165) is 56.6 Å². The zero-order valence-electron chi connectivity index (χ0n) is 21.7. The van der Waals surface area contributed by atoms with E-state index >= 15 is 0 Å². The molecule has 0 spiro atoms. The van der Waals surface area contributed by atoms with Crippen molar-refractivity contribution in [1.29, 1.82) is 0 Å². The number of carbonyl (C=O) groups excluding carboxylic acids is 2. The molecule has 1 saturated heterocycles. The molecule has 3 N–H and O–H groups in total. The normalized spacial score (nSPS) is 25.8. The Hall–Kier alpha value is -1.44. The molecule has 0 radical (unpaired) electrons. The Morgan fingerprint density at radius 2 is 1.74 bits per heavy atom. The zero-order valence-corrected chi connectivity index (χ0v) is 22.5. The van der Waals surface area contributed by atoms with Crippen LogP contribution in [-0.4, -0.2) is 66.4 Å². The van der Waals surface area contributed by atoms with Gasteiger partial charge in [0.2, 0.25) is 5.91 Å². The van der Waals surface area contributed by atoms with Crippen LogP contribution in [0.4, 0.5) is 0 Å². The molecular weight excluding hydrogens is 444 g/mol. The number of nitrogens with one attached hydrogen (secondary N) is 1. The molecule has 0 aromatic carbocycles. The number of rotatable bonds is 10. The lowest BCUT2D eigenvalue weighted by molar-refractivity contribution is -0.128. The number of thiophene rings is 1. The Labute approximate surface area is 210 Å². The fourth-order valence-corrected chi connectivity index (χ4v) is 6.34. The van der Waals surface area contributed by atoms with Crippen LogP contribution in [0.3, 0.4) is 0 Å². The molecule has 1 unspecified atom stereocenters. The summed E-state index contributed by atoms with van der Waals surface area (Å²) in [5, 5.41) is 5.18. The fourth-order valence-electron chi connectivity index (χ4n) is 5.66. The molecular formula is C27H46N4O2S. The van der Waals surface area contributed by atoms with Crippen LogP contribution in [0.2, 0.25) is 0 Å². The predicted octanol–water partition coefficient (Wildman–Crippen LogP) is 4.22. The highest BCUT2D eigenvalue weighted by molar-refractivity contribution is 7.12. The number of likely N-dealkylation sites (tertiary alicyclic amines) is 1. The van der Waals surface area contributed by atoms with Crippen LogP contribution in [0, 0.1) is 23.7 Å². The van der Waals surface area contributed by atoms with Crippen molar-refractivity contribution in [1.82, 2.24) is 15.1 Å². The van der Waals surface area contributed by atoms with Crippen molar-refractivity contribution in [3.8, 4) is 0 Å². The number of nitrogens with two attached hydrogens (primary N) is 1. The molecule has 6 nitrogen and oxygen atoms in total. The van der Waals surface area contributed by atoms with E-state index in [0.29, 0.717) is 49.2 Å². The molecule has 1 aliphatic heterocycles. The number of carbonyl (C=O) groups is 2. The highest BCUT2D eigenvalue weighted by Crippen LogP contribution is 2.29. The first-order valence-electron chi connectivity index (χ1n) is 13.3. The maximum absolute atomic E-state index is 13.5. The average molecular weight is 491 g/mol. The molecule has 3 rings (SSSR count). The summed E-state index contributed by atoms with van der Waals surface area (Å²) < 4.78 is 0.